The van der Waals surface area contributed by atoms with Crippen LogP contribution >= 0.6 is 0 Å². The van der Waals surface area contributed by atoms with Gasteiger partial charge in [0.15, 0.2) is 0 Å². The molecule has 2 atom stereocenters. The Morgan fingerprint density at radius 2 is 1.78 bits per heavy atom. The Morgan fingerprint density at radius 3 is 2.30 bits per heavy atom. The lowest BCUT2D eigenvalue weighted by atomic mass is 9.77. The summed E-state index contributed by atoms with van der Waals surface area (Å²) in [6.07, 6.45) is 7.31. The fourth-order valence-corrected chi connectivity index (χ4v) is 6.04. The van der Waals surface area contributed by atoms with Gasteiger partial charge in [-0.1, -0.05) is 0 Å². The van der Waals surface area contributed by atoms with Crippen LogP contribution in [0.25, 0.3) is 0 Å². The lowest BCUT2D eigenvalue weighted by Crippen LogP contribution is -2.55. The van der Waals surface area contributed by atoms with Gasteiger partial charge in [-0.3, -0.25) is 4.79 Å². The maximum Gasteiger partial charge on any atom is 0.410 e. The van der Waals surface area contributed by atoms with Crippen molar-refractivity contribution in [1.29, 1.82) is 0 Å². The predicted octanol–water partition coefficient (Wildman–Crippen LogP) is 2.86. The van der Waals surface area contributed by atoms with Gasteiger partial charge in [0.2, 0.25) is 5.91 Å². The first kappa shape index (κ1) is 19.0. The molecule has 0 saturated carbocycles. The first-order valence-corrected chi connectivity index (χ1v) is 10.9. The lowest BCUT2D eigenvalue weighted by Gasteiger charge is -2.47. The second-order valence-electron chi connectivity index (χ2n) is 9.44. The Balaban J connectivity index is 1.34. The number of rotatable bonds is 3. The van der Waals surface area contributed by atoms with E-state index < -0.39 is 0 Å². The number of hydrogen-bond acceptors (Lipinski definition) is 4. The van der Waals surface area contributed by atoms with Gasteiger partial charge in [-0.25, -0.2) is 4.79 Å². The first-order chi connectivity index (χ1) is 12.9. The average molecular weight is 378 g/mol. The highest BCUT2D eigenvalue weighted by atomic mass is 16.6. The van der Waals surface area contributed by atoms with Crippen LogP contribution < -0.4 is 0 Å². The molecular weight excluding hydrogens is 342 g/mol. The summed E-state index contributed by atoms with van der Waals surface area (Å²) in [7, 11) is 0. The Kier molecular flexibility index (Phi) is 5.12. The first-order valence-electron chi connectivity index (χ1n) is 10.9. The quantitative estimate of drug-likeness (QED) is 0.759. The average Bonchev–Trinajstić information content (AvgIpc) is 3.09. The number of ether oxygens (including phenoxy) is 1. The van der Waals surface area contributed by atoms with Crippen LogP contribution in [0.1, 0.15) is 65.7 Å². The van der Waals surface area contributed by atoms with Gasteiger partial charge < -0.3 is 19.4 Å². The fourth-order valence-electron chi connectivity index (χ4n) is 6.04. The van der Waals surface area contributed by atoms with E-state index in [2.05, 4.69) is 23.6 Å². The van der Waals surface area contributed by atoms with E-state index in [9.17, 15) is 9.59 Å². The van der Waals surface area contributed by atoms with E-state index in [-0.39, 0.29) is 11.5 Å². The molecular formula is C21H35N3O3. The predicted molar refractivity (Wildman–Crippen MR) is 103 cm³/mol. The summed E-state index contributed by atoms with van der Waals surface area (Å²) in [6.45, 7) is 9.73. The van der Waals surface area contributed by atoms with Crippen LogP contribution in [0.3, 0.4) is 0 Å². The van der Waals surface area contributed by atoms with E-state index in [1.807, 2.05) is 11.8 Å². The molecule has 4 rings (SSSR count). The summed E-state index contributed by atoms with van der Waals surface area (Å²) < 4.78 is 5.28. The molecule has 4 saturated heterocycles. The molecule has 4 fully saturated rings. The molecule has 2 bridgehead atoms. The van der Waals surface area contributed by atoms with Gasteiger partial charge in [-0.2, -0.15) is 0 Å². The standard InChI is InChI=1S/C21H35N3O3/c1-4-27-20(26)24-16-5-6-17(24)12-18(11-16)22-9-7-21(8-10-22)13-19(25)23(14-21)15(2)3/h15-18H,4-14H2,1-3H3. The monoisotopic (exact) mass is 377 g/mol. The zero-order valence-corrected chi connectivity index (χ0v) is 17.2. The third-order valence-electron chi connectivity index (χ3n) is 7.54. The van der Waals surface area contributed by atoms with Crippen molar-refractivity contribution in [3.05, 3.63) is 0 Å². The zero-order chi connectivity index (χ0) is 19.2. The normalized spacial score (nSPS) is 33.3. The van der Waals surface area contributed by atoms with Crippen LogP contribution in [0.2, 0.25) is 0 Å². The summed E-state index contributed by atoms with van der Waals surface area (Å²) in [4.78, 5) is 31.4. The summed E-state index contributed by atoms with van der Waals surface area (Å²) in [6, 6.07) is 1.61. The third-order valence-corrected chi connectivity index (χ3v) is 7.54. The third kappa shape index (κ3) is 3.45. The van der Waals surface area contributed by atoms with Crippen molar-refractivity contribution in [3.63, 3.8) is 0 Å². The molecule has 0 radical (unpaired) electrons. The van der Waals surface area contributed by atoms with Crippen molar-refractivity contribution in [3.8, 4) is 0 Å². The van der Waals surface area contributed by atoms with Gasteiger partial charge in [0.05, 0.1) is 6.61 Å². The maximum absolute atomic E-state index is 12.4. The van der Waals surface area contributed by atoms with Crippen LogP contribution in [0, 0.1) is 5.41 Å². The Morgan fingerprint density at radius 1 is 1.15 bits per heavy atom. The number of carbonyl (C=O) groups excluding carboxylic acids is 2. The fraction of sp³-hybridized carbons (Fsp3) is 0.905. The summed E-state index contributed by atoms with van der Waals surface area (Å²) in [5, 5.41) is 0. The highest BCUT2D eigenvalue weighted by Gasteiger charge is 2.49. The highest BCUT2D eigenvalue weighted by molar-refractivity contribution is 5.79. The molecule has 6 heteroatoms. The van der Waals surface area contributed by atoms with Crippen LogP contribution in [-0.4, -0.2) is 77.1 Å². The largest absolute Gasteiger partial charge is 0.450 e. The zero-order valence-electron chi connectivity index (χ0n) is 17.2. The van der Waals surface area contributed by atoms with Crippen molar-refractivity contribution in [1.82, 2.24) is 14.7 Å². The topological polar surface area (TPSA) is 53.1 Å². The molecule has 152 valence electrons. The van der Waals surface area contributed by atoms with Crippen molar-refractivity contribution in [2.75, 3.05) is 26.2 Å². The van der Waals surface area contributed by atoms with Gasteiger partial charge >= 0.3 is 6.09 Å². The Bertz CT molecular complexity index is 571. The number of piperidine rings is 2. The Labute approximate surface area is 163 Å². The van der Waals surface area contributed by atoms with Gasteiger partial charge in [-0.05, 0) is 77.8 Å². The van der Waals surface area contributed by atoms with E-state index in [1.165, 1.54) is 0 Å². The molecule has 0 aliphatic carbocycles. The second kappa shape index (κ2) is 7.26. The van der Waals surface area contributed by atoms with E-state index in [1.54, 1.807) is 0 Å². The molecule has 0 aromatic rings. The van der Waals surface area contributed by atoms with E-state index in [0.29, 0.717) is 36.7 Å². The minimum Gasteiger partial charge on any atom is -0.450 e. The molecule has 0 aromatic carbocycles. The van der Waals surface area contributed by atoms with Crippen molar-refractivity contribution >= 4 is 12.0 Å². The van der Waals surface area contributed by atoms with Gasteiger partial charge in [-0.15, -0.1) is 0 Å². The minimum absolute atomic E-state index is 0.112. The van der Waals surface area contributed by atoms with Crippen LogP contribution in [0.4, 0.5) is 4.79 Å². The number of fused-ring (bicyclic) bond motifs is 2. The molecule has 4 heterocycles. The van der Waals surface area contributed by atoms with Crippen LogP contribution in [0.15, 0.2) is 0 Å². The van der Waals surface area contributed by atoms with Gasteiger partial charge in [0.1, 0.15) is 0 Å². The minimum atomic E-state index is -0.112. The van der Waals surface area contributed by atoms with E-state index >= 15 is 0 Å². The van der Waals surface area contributed by atoms with Crippen molar-refractivity contribution in [2.45, 2.75) is 89.9 Å². The van der Waals surface area contributed by atoms with E-state index in [4.69, 9.17) is 4.74 Å². The van der Waals surface area contributed by atoms with Crippen molar-refractivity contribution in [2.24, 2.45) is 5.41 Å². The maximum atomic E-state index is 12.4. The molecule has 1 spiro atoms. The highest BCUT2D eigenvalue weighted by Crippen LogP contribution is 2.44. The Hall–Kier alpha value is -1.30. The second-order valence-corrected chi connectivity index (χ2v) is 9.44. The number of carbonyl (C=O) groups is 2. The molecule has 6 nitrogen and oxygen atoms in total. The summed E-state index contributed by atoms with van der Waals surface area (Å²) in [5.74, 6) is 0.347. The summed E-state index contributed by atoms with van der Waals surface area (Å²) >= 11 is 0. The van der Waals surface area contributed by atoms with Crippen LogP contribution in [-0.2, 0) is 9.53 Å². The van der Waals surface area contributed by atoms with E-state index in [0.717, 1.165) is 64.6 Å². The summed E-state index contributed by atoms with van der Waals surface area (Å²) in [5.41, 5.74) is 0.211. The molecule has 2 unspecified atom stereocenters. The number of likely N-dealkylation sites (tertiary alicyclic amines) is 2. The van der Waals surface area contributed by atoms with Crippen LogP contribution in [0.5, 0.6) is 0 Å². The number of amides is 2. The molecule has 4 aliphatic heterocycles. The van der Waals surface area contributed by atoms with Gasteiger partial charge in [0.25, 0.3) is 0 Å². The SMILES string of the molecule is CCOC(=O)N1C2CCC1CC(N1CCC3(CC1)CC(=O)N(C(C)C)C3)C2. The number of nitrogens with zero attached hydrogens (tertiary/aromatic N) is 3. The molecule has 0 aromatic heterocycles. The molecule has 2 amide bonds. The van der Waals surface area contributed by atoms with Gasteiger partial charge in [0, 0.05) is 37.1 Å². The molecule has 0 N–H and O–H groups in total. The molecule has 4 aliphatic rings. The lowest BCUT2D eigenvalue weighted by molar-refractivity contribution is -0.129. The number of hydrogen-bond donors (Lipinski definition) is 0. The van der Waals surface area contributed by atoms with Crippen molar-refractivity contribution < 1.29 is 14.3 Å². The smallest absolute Gasteiger partial charge is 0.410 e. The molecule has 27 heavy (non-hydrogen) atoms.